The fourth-order valence-corrected chi connectivity index (χ4v) is 1.84. The molecular weight excluding hydrogens is 288 g/mol. The number of ether oxygens (including phenoxy) is 1. The quantitative estimate of drug-likeness (QED) is 0.747. The van der Waals surface area contributed by atoms with Gasteiger partial charge in [-0.3, -0.25) is 0 Å². The molecule has 124 valence electrons. The van der Waals surface area contributed by atoms with Crippen LogP contribution in [0.1, 0.15) is 63.1 Å². The fraction of sp³-hybridized carbons (Fsp3) is 0.714. The van der Waals surface area contributed by atoms with Crippen molar-refractivity contribution in [3.63, 3.8) is 0 Å². The van der Waals surface area contributed by atoms with Gasteiger partial charge < -0.3 is 15.2 Å². The first-order valence-corrected chi connectivity index (χ1v) is 7.37. The van der Waals surface area contributed by atoms with Crippen LogP contribution in [0.5, 0.6) is 0 Å². The summed E-state index contributed by atoms with van der Waals surface area (Å²) in [4.78, 5) is 22.9. The number of nitrogens with zero attached hydrogens (tertiary/aromatic N) is 3. The summed E-state index contributed by atoms with van der Waals surface area (Å²) < 4.78 is 6.65. The van der Waals surface area contributed by atoms with Crippen molar-refractivity contribution in [3.05, 3.63) is 11.4 Å². The normalized spacial score (nSPS) is 11.3. The van der Waals surface area contributed by atoms with Crippen molar-refractivity contribution in [2.45, 2.75) is 65.6 Å². The topological polar surface area (TPSA) is 106 Å². The Morgan fingerprint density at radius 1 is 1.32 bits per heavy atom. The second-order valence-corrected chi connectivity index (χ2v) is 5.98. The van der Waals surface area contributed by atoms with Gasteiger partial charge in [0.15, 0.2) is 5.69 Å². The highest BCUT2D eigenvalue weighted by Crippen LogP contribution is 2.10. The first-order valence-electron chi connectivity index (χ1n) is 7.37. The number of aromatic carboxylic acids is 1. The van der Waals surface area contributed by atoms with Crippen LogP contribution in [0.2, 0.25) is 0 Å². The molecule has 1 heterocycles. The van der Waals surface area contributed by atoms with E-state index in [-0.39, 0.29) is 12.2 Å². The third-order valence-corrected chi connectivity index (χ3v) is 2.81. The predicted molar refractivity (Wildman–Crippen MR) is 79.6 cm³/mol. The number of aromatic nitrogens is 3. The lowest BCUT2D eigenvalue weighted by molar-refractivity contribution is 0.0519. The molecule has 1 aromatic heterocycles. The van der Waals surface area contributed by atoms with Gasteiger partial charge in [0, 0.05) is 6.54 Å². The van der Waals surface area contributed by atoms with Gasteiger partial charge in [-0.1, -0.05) is 25.0 Å². The largest absolute Gasteiger partial charge is 0.476 e. The van der Waals surface area contributed by atoms with Crippen molar-refractivity contribution in [3.8, 4) is 0 Å². The highest BCUT2D eigenvalue weighted by molar-refractivity contribution is 5.86. The minimum atomic E-state index is -1.16. The Morgan fingerprint density at radius 3 is 2.55 bits per heavy atom. The molecule has 1 aromatic rings. The number of aryl methyl sites for hydroxylation is 1. The molecule has 8 heteroatoms. The molecule has 1 rings (SSSR count). The van der Waals surface area contributed by atoms with E-state index in [0.717, 1.165) is 19.3 Å². The molecule has 0 aliphatic rings. The lowest BCUT2D eigenvalue weighted by Gasteiger charge is -2.19. The number of hydrogen-bond acceptors (Lipinski definition) is 5. The van der Waals surface area contributed by atoms with Crippen LogP contribution in [0.25, 0.3) is 0 Å². The zero-order valence-electron chi connectivity index (χ0n) is 13.5. The number of nitrogens with one attached hydrogen (secondary N) is 1. The smallest absolute Gasteiger partial charge is 0.407 e. The van der Waals surface area contributed by atoms with Crippen LogP contribution in [-0.2, 0) is 17.8 Å². The van der Waals surface area contributed by atoms with E-state index in [1.807, 2.05) is 0 Å². The average molecular weight is 312 g/mol. The Morgan fingerprint density at radius 2 is 2.00 bits per heavy atom. The molecule has 1 amide bonds. The summed E-state index contributed by atoms with van der Waals surface area (Å²) in [6, 6.07) is 0. The zero-order valence-corrected chi connectivity index (χ0v) is 13.5. The van der Waals surface area contributed by atoms with E-state index in [0.29, 0.717) is 12.2 Å². The lowest BCUT2D eigenvalue weighted by atomic mass is 10.2. The number of carbonyl (C=O) groups is 2. The monoisotopic (exact) mass is 312 g/mol. The summed E-state index contributed by atoms with van der Waals surface area (Å²) in [5, 5.41) is 19.2. The van der Waals surface area contributed by atoms with Gasteiger partial charge in [0.05, 0.1) is 12.2 Å². The highest BCUT2D eigenvalue weighted by Gasteiger charge is 2.21. The fourth-order valence-electron chi connectivity index (χ4n) is 1.84. The summed E-state index contributed by atoms with van der Waals surface area (Å²) in [6.45, 7) is 7.92. The minimum Gasteiger partial charge on any atom is -0.476 e. The van der Waals surface area contributed by atoms with Gasteiger partial charge in [0.2, 0.25) is 0 Å². The third-order valence-electron chi connectivity index (χ3n) is 2.81. The van der Waals surface area contributed by atoms with Crippen LogP contribution in [0.15, 0.2) is 0 Å². The first-order chi connectivity index (χ1) is 10.2. The van der Waals surface area contributed by atoms with Crippen molar-refractivity contribution in [2.75, 3.05) is 0 Å². The number of carbonyl (C=O) groups excluding carboxylic acids is 1. The van der Waals surface area contributed by atoms with Crippen LogP contribution in [0.4, 0.5) is 4.79 Å². The van der Waals surface area contributed by atoms with Gasteiger partial charge in [-0.15, -0.1) is 5.10 Å². The van der Waals surface area contributed by atoms with Crippen molar-refractivity contribution < 1.29 is 19.4 Å². The van der Waals surface area contributed by atoms with Crippen molar-refractivity contribution in [2.24, 2.45) is 0 Å². The number of amides is 1. The Kier molecular flexibility index (Phi) is 6.33. The summed E-state index contributed by atoms with van der Waals surface area (Å²) in [7, 11) is 0. The molecule has 2 N–H and O–H groups in total. The summed E-state index contributed by atoms with van der Waals surface area (Å²) in [6.07, 6.45) is 2.33. The Labute approximate surface area is 129 Å². The van der Waals surface area contributed by atoms with Gasteiger partial charge in [-0.05, 0) is 27.2 Å². The van der Waals surface area contributed by atoms with Gasteiger partial charge >= 0.3 is 12.1 Å². The van der Waals surface area contributed by atoms with Crippen molar-refractivity contribution in [1.29, 1.82) is 0 Å². The van der Waals surface area contributed by atoms with Gasteiger partial charge in [0.1, 0.15) is 5.60 Å². The lowest BCUT2D eigenvalue weighted by Crippen LogP contribution is -2.33. The van der Waals surface area contributed by atoms with Crippen LogP contribution < -0.4 is 5.32 Å². The van der Waals surface area contributed by atoms with Crippen LogP contribution >= 0.6 is 0 Å². The summed E-state index contributed by atoms with van der Waals surface area (Å²) in [5.74, 6) is -1.16. The summed E-state index contributed by atoms with van der Waals surface area (Å²) in [5.41, 5.74) is -0.388. The van der Waals surface area contributed by atoms with E-state index in [9.17, 15) is 9.59 Å². The second-order valence-electron chi connectivity index (χ2n) is 5.98. The molecule has 0 unspecified atom stereocenters. The number of unbranched alkanes of at least 4 members (excludes halogenated alkanes) is 2. The van der Waals surface area contributed by atoms with E-state index >= 15 is 0 Å². The molecule has 8 nitrogen and oxygen atoms in total. The van der Waals surface area contributed by atoms with Gasteiger partial charge in [0.25, 0.3) is 0 Å². The molecule has 0 atom stereocenters. The maximum absolute atomic E-state index is 11.7. The summed E-state index contributed by atoms with van der Waals surface area (Å²) >= 11 is 0. The van der Waals surface area contributed by atoms with E-state index in [4.69, 9.17) is 9.84 Å². The number of hydrogen-bond donors (Lipinski definition) is 2. The molecule has 0 saturated carbocycles. The number of alkyl carbamates (subject to hydrolysis) is 1. The van der Waals surface area contributed by atoms with Crippen molar-refractivity contribution >= 4 is 12.1 Å². The van der Waals surface area contributed by atoms with Crippen LogP contribution in [0.3, 0.4) is 0 Å². The third kappa shape index (κ3) is 5.71. The van der Waals surface area contributed by atoms with E-state index in [1.165, 1.54) is 4.68 Å². The number of carboxylic acid groups (broad SMARTS) is 1. The number of rotatable bonds is 7. The molecule has 0 bridgehead atoms. The Balaban J connectivity index is 2.75. The highest BCUT2D eigenvalue weighted by atomic mass is 16.6. The predicted octanol–water partition coefficient (Wildman–Crippen LogP) is 2.19. The first kappa shape index (κ1) is 17.9. The Hall–Kier alpha value is -2.12. The maximum Gasteiger partial charge on any atom is 0.407 e. The average Bonchev–Trinajstić information content (AvgIpc) is 2.78. The molecule has 0 aromatic carbocycles. The maximum atomic E-state index is 11.7. The van der Waals surface area contributed by atoms with E-state index in [1.54, 1.807) is 20.8 Å². The van der Waals surface area contributed by atoms with Crippen LogP contribution in [-0.4, -0.2) is 37.8 Å². The van der Waals surface area contributed by atoms with Crippen LogP contribution in [0, 0.1) is 0 Å². The molecule has 0 radical (unpaired) electrons. The molecular formula is C14H24N4O4. The molecule has 0 spiro atoms. The van der Waals surface area contributed by atoms with Gasteiger partial charge in [-0.25, -0.2) is 14.3 Å². The molecule has 0 fully saturated rings. The second kappa shape index (κ2) is 7.77. The van der Waals surface area contributed by atoms with E-state index in [2.05, 4.69) is 22.6 Å². The minimum absolute atomic E-state index is 0.00959. The molecule has 0 saturated heterocycles. The van der Waals surface area contributed by atoms with E-state index < -0.39 is 17.7 Å². The molecule has 0 aliphatic heterocycles. The SMILES string of the molecule is CCCCCn1nnc(C(=O)O)c1CNC(=O)OC(C)(C)C. The molecule has 0 aliphatic carbocycles. The van der Waals surface area contributed by atoms with Crippen molar-refractivity contribution in [1.82, 2.24) is 20.3 Å². The number of carboxylic acids is 1. The van der Waals surface area contributed by atoms with Gasteiger partial charge in [-0.2, -0.15) is 0 Å². The standard InChI is InChI=1S/C14H24N4O4/c1-5-6-7-8-18-10(11(12(19)20)16-17-18)9-15-13(21)22-14(2,3)4/h5-9H2,1-4H3,(H,15,21)(H,19,20). The molecule has 22 heavy (non-hydrogen) atoms. The Bertz CT molecular complexity index is 519. The zero-order chi connectivity index (χ0) is 16.8.